The molecular formula is C24H32N2O7S. The van der Waals surface area contributed by atoms with Crippen LogP contribution in [0, 0.1) is 0 Å². The van der Waals surface area contributed by atoms with Crippen LogP contribution in [0.1, 0.15) is 18.9 Å². The molecule has 2 aromatic carbocycles. The summed E-state index contributed by atoms with van der Waals surface area (Å²) in [5.41, 5.74) is 0.657. The van der Waals surface area contributed by atoms with E-state index in [-0.39, 0.29) is 29.9 Å². The lowest BCUT2D eigenvalue weighted by atomic mass is 10.1. The molecule has 0 saturated carbocycles. The van der Waals surface area contributed by atoms with Gasteiger partial charge >= 0.3 is 0 Å². The summed E-state index contributed by atoms with van der Waals surface area (Å²) < 4.78 is 49.1. The number of nitrogens with one attached hydrogen (secondary N) is 1. The number of sulfonamides is 1. The molecular weight excluding hydrogens is 460 g/mol. The highest BCUT2D eigenvalue weighted by molar-refractivity contribution is 7.89. The average molecular weight is 493 g/mol. The SMILES string of the molecule is COc1ccc(S(=O)(=O)N2CCOCC2)cc1CCC(=O)N[C@@H](C)COc1ccccc1OC. The largest absolute Gasteiger partial charge is 0.496 e. The summed E-state index contributed by atoms with van der Waals surface area (Å²) in [4.78, 5) is 12.7. The maximum atomic E-state index is 13.0. The summed E-state index contributed by atoms with van der Waals surface area (Å²) in [6.07, 6.45) is 0.512. The standard InChI is InChI=1S/C24H32N2O7S/c1-18(17-33-23-7-5-4-6-22(23)31-3)25-24(27)11-8-19-16-20(9-10-21(19)30-2)34(28,29)26-12-14-32-15-13-26/h4-7,9-10,16,18H,8,11-15,17H2,1-3H3,(H,25,27)/t18-/m0/s1. The monoisotopic (exact) mass is 492 g/mol. The Morgan fingerprint density at radius 1 is 1.06 bits per heavy atom. The maximum Gasteiger partial charge on any atom is 0.243 e. The Morgan fingerprint density at radius 2 is 1.74 bits per heavy atom. The van der Waals surface area contributed by atoms with Crippen molar-refractivity contribution in [3.05, 3.63) is 48.0 Å². The van der Waals surface area contributed by atoms with Crippen LogP contribution in [0.3, 0.4) is 0 Å². The van der Waals surface area contributed by atoms with Crippen molar-refractivity contribution >= 4 is 15.9 Å². The lowest BCUT2D eigenvalue weighted by Crippen LogP contribution is -2.40. The van der Waals surface area contributed by atoms with Crippen molar-refractivity contribution in [3.63, 3.8) is 0 Å². The second-order valence-corrected chi connectivity index (χ2v) is 9.86. The van der Waals surface area contributed by atoms with E-state index in [0.717, 1.165) is 0 Å². The van der Waals surface area contributed by atoms with Gasteiger partial charge < -0.3 is 24.3 Å². The number of hydrogen-bond donors (Lipinski definition) is 1. The first-order chi connectivity index (χ1) is 16.3. The molecule has 1 fully saturated rings. The fourth-order valence-electron chi connectivity index (χ4n) is 3.64. The van der Waals surface area contributed by atoms with Crippen molar-refractivity contribution in [2.45, 2.75) is 30.7 Å². The van der Waals surface area contributed by atoms with Crippen LogP contribution in [0.15, 0.2) is 47.4 Å². The lowest BCUT2D eigenvalue weighted by Gasteiger charge is -2.26. The molecule has 1 aliphatic rings. The van der Waals surface area contributed by atoms with Crippen molar-refractivity contribution in [3.8, 4) is 17.2 Å². The highest BCUT2D eigenvalue weighted by Gasteiger charge is 2.27. The molecule has 0 spiro atoms. The van der Waals surface area contributed by atoms with Gasteiger partial charge in [0.15, 0.2) is 11.5 Å². The van der Waals surface area contributed by atoms with Gasteiger partial charge in [0.25, 0.3) is 0 Å². The first-order valence-electron chi connectivity index (χ1n) is 11.1. The summed E-state index contributed by atoms with van der Waals surface area (Å²) in [6.45, 7) is 3.52. The van der Waals surface area contributed by atoms with E-state index in [1.807, 2.05) is 19.1 Å². The van der Waals surface area contributed by atoms with Crippen LogP contribution in [0.5, 0.6) is 17.2 Å². The smallest absolute Gasteiger partial charge is 0.243 e. The molecule has 10 heteroatoms. The predicted molar refractivity (Wildman–Crippen MR) is 127 cm³/mol. The molecule has 1 amide bonds. The number of rotatable bonds is 11. The summed E-state index contributed by atoms with van der Waals surface area (Å²) in [5, 5.41) is 2.91. The maximum absolute atomic E-state index is 13.0. The van der Waals surface area contributed by atoms with Gasteiger partial charge in [0.2, 0.25) is 15.9 Å². The highest BCUT2D eigenvalue weighted by Crippen LogP contribution is 2.27. The normalized spacial score (nSPS) is 15.4. The molecule has 186 valence electrons. The van der Waals surface area contributed by atoms with E-state index in [1.165, 1.54) is 17.5 Å². The summed E-state index contributed by atoms with van der Waals surface area (Å²) in [7, 11) is -0.544. The van der Waals surface area contributed by atoms with Gasteiger partial charge in [-0.1, -0.05) is 12.1 Å². The van der Waals surface area contributed by atoms with Crippen LogP contribution >= 0.6 is 0 Å². The van der Waals surface area contributed by atoms with E-state index < -0.39 is 10.0 Å². The van der Waals surface area contributed by atoms with Gasteiger partial charge in [0, 0.05) is 19.5 Å². The molecule has 1 saturated heterocycles. The number of benzene rings is 2. The third-order valence-electron chi connectivity index (χ3n) is 5.45. The molecule has 1 heterocycles. The Morgan fingerprint density at radius 3 is 2.41 bits per heavy atom. The van der Waals surface area contributed by atoms with Crippen molar-refractivity contribution < 1.29 is 32.2 Å². The van der Waals surface area contributed by atoms with Gasteiger partial charge in [-0.25, -0.2) is 8.42 Å². The number of aryl methyl sites for hydroxylation is 1. The van der Waals surface area contributed by atoms with Crippen LogP contribution < -0.4 is 19.5 Å². The topological polar surface area (TPSA) is 103 Å². The first-order valence-corrected chi connectivity index (χ1v) is 12.6. The molecule has 1 aliphatic heterocycles. The van der Waals surface area contributed by atoms with Crippen LogP contribution in [0.25, 0.3) is 0 Å². The second-order valence-electron chi connectivity index (χ2n) is 7.92. The number of carbonyl (C=O) groups excluding carboxylic acids is 1. The van der Waals surface area contributed by atoms with Crippen LogP contribution in [-0.4, -0.2) is 71.8 Å². The van der Waals surface area contributed by atoms with Gasteiger partial charge in [-0.2, -0.15) is 4.31 Å². The summed E-state index contributed by atoms with van der Waals surface area (Å²) in [5.74, 6) is 1.61. The van der Waals surface area contributed by atoms with E-state index in [4.69, 9.17) is 18.9 Å². The minimum absolute atomic E-state index is 0.167. The van der Waals surface area contributed by atoms with E-state index >= 15 is 0 Å². The molecule has 0 aromatic heterocycles. The first kappa shape index (κ1) is 25.8. The molecule has 0 bridgehead atoms. The predicted octanol–water partition coefficient (Wildman–Crippen LogP) is 2.24. The quantitative estimate of drug-likeness (QED) is 0.513. The summed E-state index contributed by atoms with van der Waals surface area (Å²) >= 11 is 0. The molecule has 0 radical (unpaired) electrons. The third-order valence-corrected chi connectivity index (χ3v) is 7.34. The number of hydrogen-bond acceptors (Lipinski definition) is 7. The van der Waals surface area contributed by atoms with E-state index in [9.17, 15) is 13.2 Å². The third kappa shape index (κ3) is 6.62. The average Bonchev–Trinajstić information content (AvgIpc) is 2.86. The van der Waals surface area contributed by atoms with Gasteiger partial charge in [-0.15, -0.1) is 0 Å². The number of para-hydroxylation sites is 2. The van der Waals surface area contributed by atoms with E-state index in [0.29, 0.717) is 55.5 Å². The zero-order valence-electron chi connectivity index (χ0n) is 19.8. The minimum Gasteiger partial charge on any atom is -0.496 e. The molecule has 34 heavy (non-hydrogen) atoms. The molecule has 0 aliphatic carbocycles. The van der Waals surface area contributed by atoms with Gasteiger partial charge in [0.05, 0.1) is 38.4 Å². The lowest BCUT2D eigenvalue weighted by molar-refractivity contribution is -0.121. The summed E-state index contributed by atoms with van der Waals surface area (Å²) in [6, 6.07) is 11.8. The van der Waals surface area contributed by atoms with E-state index in [1.54, 1.807) is 31.4 Å². The zero-order chi connectivity index (χ0) is 24.6. The van der Waals surface area contributed by atoms with E-state index in [2.05, 4.69) is 5.32 Å². The van der Waals surface area contributed by atoms with Gasteiger partial charge in [0.1, 0.15) is 12.4 Å². The Bertz CT molecular complexity index is 1070. The van der Waals surface area contributed by atoms with Crippen molar-refractivity contribution in [2.75, 3.05) is 47.1 Å². The van der Waals surface area contributed by atoms with Gasteiger partial charge in [-0.05, 0) is 49.2 Å². The Kier molecular flexibility index (Phi) is 9.14. The van der Waals surface area contributed by atoms with Crippen molar-refractivity contribution in [1.29, 1.82) is 0 Å². The molecule has 1 atom stereocenters. The number of methoxy groups -OCH3 is 2. The molecule has 9 nitrogen and oxygen atoms in total. The fraction of sp³-hybridized carbons (Fsp3) is 0.458. The number of morpholine rings is 1. The van der Waals surface area contributed by atoms with Crippen LogP contribution in [0.4, 0.5) is 0 Å². The van der Waals surface area contributed by atoms with Crippen molar-refractivity contribution in [2.24, 2.45) is 0 Å². The molecule has 3 rings (SSSR count). The molecule has 2 aromatic rings. The number of nitrogens with zero attached hydrogens (tertiary/aromatic N) is 1. The van der Waals surface area contributed by atoms with Crippen LogP contribution in [-0.2, 0) is 26.0 Å². The Balaban J connectivity index is 1.58. The number of ether oxygens (including phenoxy) is 4. The molecule has 0 unspecified atom stereocenters. The highest BCUT2D eigenvalue weighted by atomic mass is 32.2. The fourth-order valence-corrected chi connectivity index (χ4v) is 5.10. The second kappa shape index (κ2) is 12.0. The zero-order valence-corrected chi connectivity index (χ0v) is 20.6. The Hall–Kier alpha value is -2.82. The van der Waals surface area contributed by atoms with Gasteiger partial charge in [-0.3, -0.25) is 4.79 Å². The number of carbonyl (C=O) groups is 1. The number of amides is 1. The molecule has 1 N–H and O–H groups in total. The minimum atomic E-state index is -3.64. The Labute approximate surface area is 201 Å². The van der Waals surface area contributed by atoms with Crippen molar-refractivity contribution in [1.82, 2.24) is 9.62 Å². The van der Waals surface area contributed by atoms with Crippen LogP contribution in [0.2, 0.25) is 0 Å².